The molecule has 18 heavy (non-hydrogen) atoms. The number of thioether (sulfide) groups is 1. The van der Waals surface area contributed by atoms with Crippen molar-refractivity contribution in [3.63, 3.8) is 0 Å². The highest BCUT2D eigenvalue weighted by atomic mass is 32.2. The van der Waals surface area contributed by atoms with E-state index in [1.165, 1.54) is 12.1 Å². The van der Waals surface area contributed by atoms with Crippen LogP contribution in [0.15, 0.2) is 24.3 Å². The average Bonchev–Trinajstić information content (AvgIpc) is 2.72. The van der Waals surface area contributed by atoms with Crippen molar-refractivity contribution in [3.8, 4) is 0 Å². The van der Waals surface area contributed by atoms with Gasteiger partial charge in [0, 0.05) is 17.8 Å². The Bertz CT molecular complexity index is 405. The van der Waals surface area contributed by atoms with Gasteiger partial charge in [-0.25, -0.2) is 0 Å². The highest BCUT2D eigenvalue weighted by molar-refractivity contribution is 8.00. The van der Waals surface area contributed by atoms with E-state index in [2.05, 4.69) is 12.2 Å². The van der Waals surface area contributed by atoms with E-state index in [4.69, 9.17) is 0 Å². The lowest BCUT2D eigenvalue weighted by molar-refractivity contribution is -0.137. The third kappa shape index (κ3) is 3.42. The first kappa shape index (κ1) is 13.7. The molecule has 1 fully saturated rings. The summed E-state index contributed by atoms with van der Waals surface area (Å²) in [6.07, 6.45) is -3.17. The Morgan fingerprint density at radius 3 is 2.78 bits per heavy atom. The van der Waals surface area contributed by atoms with E-state index in [1.54, 1.807) is 6.07 Å². The second-order valence-corrected chi connectivity index (χ2v) is 6.04. The van der Waals surface area contributed by atoms with Gasteiger partial charge in [-0.3, -0.25) is 0 Å². The third-order valence-corrected chi connectivity index (χ3v) is 4.52. The van der Waals surface area contributed by atoms with Gasteiger partial charge in [0.15, 0.2) is 0 Å². The van der Waals surface area contributed by atoms with Gasteiger partial charge in [0.25, 0.3) is 0 Å². The predicted octanol–water partition coefficient (Wildman–Crippen LogP) is 3.69. The first-order chi connectivity index (χ1) is 8.47. The molecule has 5 heteroatoms. The summed E-state index contributed by atoms with van der Waals surface area (Å²) < 4.78 is 37.6. The zero-order valence-corrected chi connectivity index (χ0v) is 10.9. The number of rotatable bonds is 3. The van der Waals surface area contributed by atoms with Crippen LogP contribution in [0.5, 0.6) is 0 Å². The second-order valence-electron chi connectivity index (χ2n) is 4.55. The van der Waals surface area contributed by atoms with Crippen molar-refractivity contribution >= 4 is 11.8 Å². The van der Waals surface area contributed by atoms with Crippen molar-refractivity contribution in [1.82, 2.24) is 5.32 Å². The van der Waals surface area contributed by atoms with Crippen LogP contribution in [0.1, 0.15) is 24.5 Å². The molecule has 1 aliphatic heterocycles. The molecule has 0 aromatic heterocycles. The summed E-state index contributed by atoms with van der Waals surface area (Å²) in [6, 6.07) is 5.93. The van der Waals surface area contributed by atoms with Gasteiger partial charge in [-0.1, -0.05) is 25.1 Å². The van der Waals surface area contributed by atoms with E-state index >= 15 is 0 Å². The Kier molecular flexibility index (Phi) is 4.22. The molecule has 2 rings (SSSR count). The third-order valence-electron chi connectivity index (χ3n) is 3.20. The van der Waals surface area contributed by atoms with Crippen LogP contribution in [0.3, 0.4) is 0 Å². The van der Waals surface area contributed by atoms with Gasteiger partial charge in [0.05, 0.1) is 5.56 Å². The number of halogens is 3. The molecular formula is C13H16F3NS. The molecule has 1 heterocycles. The van der Waals surface area contributed by atoms with Crippen LogP contribution in [-0.2, 0) is 12.7 Å². The maximum Gasteiger partial charge on any atom is 0.416 e. The van der Waals surface area contributed by atoms with Gasteiger partial charge >= 0.3 is 6.18 Å². The van der Waals surface area contributed by atoms with Crippen LogP contribution in [0, 0.1) is 0 Å². The highest BCUT2D eigenvalue weighted by Gasteiger charge is 2.30. The lowest BCUT2D eigenvalue weighted by Gasteiger charge is -2.17. The molecule has 1 aromatic carbocycles. The molecule has 0 spiro atoms. The van der Waals surface area contributed by atoms with Gasteiger partial charge in [-0.05, 0) is 23.8 Å². The molecule has 0 aliphatic carbocycles. The Morgan fingerprint density at radius 1 is 1.39 bits per heavy atom. The van der Waals surface area contributed by atoms with Gasteiger partial charge in [0.2, 0.25) is 0 Å². The molecule has 1 nitrogen and oxygen atoms in total. The molecule has 1 saturated heterocycles. The SMILES string of the molecule is CC1SCCC1NCc1cccc(C(F)(F)F)c1. The molecule has 0 bridgehead atoms. The Hall–Kier alpha value is -0.680. The number of benzene rings is 1. The van der Waals surface area contributed by atoms with Gasteiger partial charge in [-0.15, -0.1) is 0 Å². The molecule has 2 unspecified atom stereocenters. The maximum atomic E-state index is 12.5. The molecule has 0 saturated carbocycles. The van der Waals surface area contributed by atoms with E-state index in [9.17, 15) is 13.2 Å². The largest absolute Gasteiger partial charge is 0.416 e. The van der Waals surface area contributed by atoms with E-state index in [1.807, 2.05) is 11.8 Å². The van der Waals surface area contributed by atoms with Crippen molar-refractivity contribution in [3.05, 3.63) is 35.4 Å². The molecule has 1 aromatic rings. The molecule has 100 valence electrons. The fourth-order valence-electron chi connectivity index (χ4n) is 2.11. The van der Waals surface area contributed by atoms with Crippen molar-refractivity contribution in [2.45, 2.75) is 37.4 Å². The van der Waals surface area contributed by atoms with Crippen LogP contribution < -0.4 is 5.32 Å². The van der Waals surface area contributed by atoms with Crippen LogP contribution in [-0.4, -0.2) is 17.0 Å². The summed E-state index contributed by atoms with van der Waals surface area (Å²) in [7, 11) is 0. The summed E-state index contributed by atoms with van der Waals surface area (Å²) in [5, 5.41) is 3.88. The lowest BCUT2D eigenvalue weighted by atomic mass is 10.1. The van der Waals surface area contributed by atoms with Crippen LogP contribution in [0.4, 0.5) is 13.2 Å². The summed E-state index contributed by atoms with van der Waals surface area (Å²) in [5.74, 6) is 1.13. The van der Waals surface area contributed by atoms with Gasteiger partial charge in [0.1, 0.15) is 0 Å². The number of hydrogen-bond donors (Lipinski definition) is 1. The summed E-state index contributed by atoms with van der Waals surface area (Å²) >= 11 is 1.91. The standard InChI is InChI=1S/C13H16F3NS/c1-9-12(5-6-18-9)17-8-10-3-2-4-11(7-10)13(14,15)16/h2-4,7,9,12,17H,5-6,8H2,1H3. The molecule has 1 aliphatic rings. The molecular weight excluding hydrogens is 259 g/mol. The predicted molar refractivity (Wildman–Crippen MR) is 68.6 cm³/mol. The zero-order valence-electron chi connectivity index (χ0n) is 10.1. The van der Waals surface area contributed by atoms with Crippen molar-refractivity contribution in [2.24, 2.45) is 0 Å². The average molecular weight is 275 g/mol. The molecule has 2 atom stereocenters. The van der Waals surface area contributed by atoms with E-state index in [0.717, 1.165) is 18.2 Å². The lowest BCUT2D eigenvalue weighted by Crippen LogP contribution is -2.32. The van der Waals surface area contributed by atoms with E-state index < -0.39 is 11.7 Å². The topological polar surface area (TPSA) is 12.0 Å². The number of alkyl halides is 3. The van der Waals surface area contributed by atoms with Gasteiger partial charge in [-0.2, -0.15) is 24.9 Å². The first-order valence-electron chi connectivity index (χ1n) is 5.98. The first-order valence-corrected chi connectivity index (χ1v) is 7.03. The normalized spacial score (nSPS) is 24.4. The maximum absolute atomic E-state index is 12.5. The van der Waals surface area contributed by atoms with Gasteiger partial charge < -0.3 is 5.32 Å². The highest BCUT2D eigenvalue weighted by Crippen LogP contribution is 2.30. The Morgan fingerprint density at radius 2 is 2.17 bits per heavy atom. The van der Waals surface area contributed by atoms with Crippen molar-refractivity contribution in [2.75, 3.05) is 5.75 Å². The van der Waals surface area contributed by atoms with Crippen molar-refractivity contribution < 1.29 is 13.2 Å². The summed E-state index contributed by atoms with van der Waals surface area (Å²) in [4.78, 5) is 0. The quantitative estimate of drug-likeness (QED) is 0.903. The van der Waals surface area contributed by atoms with E-state index in [-0.39, 0.29) is 0 Å². The minimum atomic E-state index is -4.26. The fourth-order valence-corrected chi connectivity index (χ4v) is 3.33. The Balaban J connectivity index is 1.97. The van der Waals surface area contributed by atoms with Crippen LogP contribution >= 0.6 is 11.8 Å². The molecule has 1 N–H and O–H groups in total. The second kappa shape index (κ2) is 5.53. The molecule has 0 amide bonds. The minimum Gasteiger partial charge on any atom is -0.309 e. The fraction of sp³-hybridized carbons (Fsp3) is 0.538. The minimum absolute atomic E-state index is 0.407. The smallest absolute Gasteiger partial charge is 0.309 e. The number of hydrogen-bond acceptors (Lipinski definition) is 2. The molecule has 0 radical (unpaired) electrons. The van der Waals surface area contributed by atoms with Crippen LogP contribution in [0.25, 0.3) is 0 Å². The van der Waals surface area contributed by atoms with Crippen LogP contribution in [0.2, 0.25) is 0 Å². The number of nitrogens with one attached hydrogen (secondary N) is 1. The van der Waals surface area contributed by atoms with Crippen molar-refractivity contribution in [1.29, 1.82) is 0 Å². The monoisotopic (exact) mass is 275 g/mol. The van der Waals surface area contributed by atoms with E-state index in [0.29, 0.717) is 23.4 Å². The summed E-state index contributed by atoms with van der Waals surface area (Å²) in [5.41, 5.74) is 0.115. The Labute approximate surface area is 109 Å². The zero-order chi connectivity index (χ0) is 13.2. The summed E-state index contributed by atoms with van der Waals surface area (Å²) in [6.45, 7) is 2.65.